The van der Waals surface area contributed by atoms with E-state index in [-0.39, 0.29) is 12.1 Å². The SMILES string of the molecule is CC(O)(CNC1CCCCC1)c1ccc(F)cc1F. The fraction of sp³-hybridized carbons (Fsp3) is 0.600. The summed E-state index contributed by atoms with van der Waals surface area (Å²) in [5, 5.41) is 13.7. The molecule has 0 amide bonds. The van der Waals surface area contributed by atoms with E-state index in [1.165, 1.54) is 31.4 Å². The van der Waals surface area contributed by atoms with E-state index < -0.39 is 17.2 Å². The number of rotatable bonds is 4. The fourth-order valence-electron chi connectivity index (χ4n) is 2.67. The lowest BCUT2D eigenvalue weighted by molar-refractivity contribution is 0.0485. The van der Waals surface area contributed by atoms with Gasteiger partial charge in [-0.25, -0.2) is 8.78 Å². The molecular weight excluding hydrogens is 248 g/mol. The lowest BCUT2D eigenvalue weighted by Gasteiger charge is -2.29. The van der Waals surface area contributed by atoms with Crippen LogP contribution in [-0.2, 0) is 5.60 Å². The van der Waals surface area contributed by atoms with Crippen LogP contribution in [0.15, 0.2) is 18.2 Å². The van der Waals surface area contributed by atoms with Crippen LogP contribution in [0, 0.1) is 11.6 Å². The molecule has 4 heteroatoms. The first-order valence-corrected chi connectivity index (χ1v) is 6.90. The van der Waals surface area contributed by atoms with Crippen molar-refractivity contribution in [1.29, 1.82) is 0 Å². The molecule has 0 bridgehead atoms. The van der Waals surface area contributed by atoms with Gasteiger partial charge in [-0.1, -0.05) is 25.3 Å². The first-order valence-electron chi connectivity index (χ1n) is 6.90. The van der Waals surface area contributed by atoms with Crippen LogP contribution in [0.4, 0.5) is 8.78 Å². The Morgan fingerprint density at radius 2 is 1.95 bits per heavy atom. The molecule has 19 heavy (non-hydrogen) atoms. The monoisotopic (exact) mass is 269 g/mol. The molecule has 1 unspecified atom stereocenters. The van der Waals surface area contributed by atoms with Gasteiger partial charge in [-0.3, -0.25) is 0 Å². The van der Waals surface area contributed by atoms with Crippen molar-refractivity contribution in [1.82, 2.24) is 5.32 Å². The highest BCUT2D eigenvalue weighted by molar-refractivity contribution is 5.24. The molecule has 0 aliphatic heterocycles. The van der Waals surface area contributed by atoms with Gasteiger partial charge in [-0.05, 0) is 25.8 Å². The Kier molecular flexibility index (Phi) is 4.53. The standard InChI is InChI=1S/C15H21F2NO/c1-15(19,10-18-12-5-3-2-4-6-12)13-8-7-11(16)9-14(13)17/h7-9,12,18-19H,2-6,10H2,1H3. The third-order valence-electron chi connectivity index (χ3n) is 3.85. The molecule has 1 aromatic carbocycles. The van der Waals surface area contributed by atoms with Crippen LogP contribution in [0.2, 0.25) is 0 Å². The Morgan fingerprint density at radius 1 is 1.26 bits per heavy atom. The van der Waals surface area contributed by atoms with E-state index in [4.69, 9.17) is 0 Å². The highest BCUT2D eigenvalue weighted by Crippen LogP contribution is 2.25. The van der Waals surface area contributed by atoms with Gasteiger partial charge >= 0.3 is 0 Å². The minimum absolute atomic E-state index is 0.136. The normalized spacial score (nSPS) is 20.2. The second kappa shape index (κ2) is 5.97. The molecule has 0 heterocycles. The van der Waals surface area contributed by atoms with E-state index in [9.17, 15) is 13.9 Å². The minimum Gasteiger partial charge on any atom is -0.384 e. The van der Waals surface area contributed by atoms with Crippen LogP contribution in [0.1, 0.15) is 44.6 Å². The number of aliphatic hydroxyl groups is 1. The summed E-state index contributed by atoms with van der Waals surface area (Å²) in [6.45, 7) is 1.83. The second-order valence-electron chi connectivity index (χ2n) is 5.61. The molecule has 2 nitrogen and oxygen atoms in total. The predicted molar refractivity (Wildman–Crippen MR) is 70.8 cm³/mol. The molecule has 1 aliphatic rings. The lowest BCUT2D eigenvalue weighted by Crippen LogP contribution is -2.42. The Morgan fingerprint density at radius 3 is 2.58 bits per heavy atom. The molecule has 2 N–H and O–H groups in total. The van der Waals surface area contributed by atoms with Crippen LogP contribution in [0.25, 0.3) is 0 Å². The molecule has 2 rings (SSSR count). The van der Waals surface area contributed by atoms with Gasteiger partial charge in [0.25, 0.3) is 0 Å². The Bertz CT molecular complexity index is 428. The smallest absolute Gasteiger partial charge is 0.132 e. The van der Waals surface area contributed by atoms with Crippen molar-refractivity contribution in [2.45, 2.75) is 50.7 Å². The highest BCUT2D eigenvalue weighted by Gasteiger charge is 2.28. The van der Waals surface area contributed by atoms with Crippen molar-refractivity contribution >= 4 is 0 Å². The van der Waals surface area contributed by atoms with Gasteiger partial charge in [0.1, 0.15) is 17.2 Å². The number of hydrogen-bond acceptors (Lipinski definition) is 2. The van der Waals surface area contributed by atoms with E-state index in [0.29, 0.717) is 6.04 Å². The van der Waals surface area contributed by atoms with E-state index in [1.807, 2.05) is 0 Å². The summed E-state index contributed by atoms with van der Waals surface area (Å²) in [6, 6.07) is 3.69. The summed E-state index contributed by atoms with van der Waals surface area (Å²) in [5.74, 6) is -1.33. The van der Waals surface area contributed by atoms with Gasteiger partial charge in [0.15, 0.2) is 0 Å². The number of nitrogens with one attached hydrogen (secondary N) is 1. The third kappa shape index (κ3) is 3.74. The van der Waals surface area contributed by atoms with E-state index in [1.54, 1.807) is 6.92 Å². The van der Waals surface area contributed by atoms with E-state index in [0.717, 1.165) is 18.9 Å². The first kappa shape index (κ1) is 14.4. The van der Waals surface area contributed by atoms with Crippen molar-refractivity contribution in [3.05, 3.63) is 35.4 Å². The molecule has 106 valence electrons. The average molecular weight is 269 g/mol. The molecule has 0 radical (unpaired) electrons. The highest BCUT2D eigenvalue weighted by atomic mass is 19.1. The Hall–Kier alpha value is -1.00. The number of benzene rings is 1. The summed E-state index contributed by atoms with van der Waals surface area (Å²) in [6.07, 6.45) is 5.86. The number of halogens is 2. The van der Waals surface area contributed by atoms with Gasteiger partial charge in [-0.15, -0.1) is 0 Å². The van der Waals surface area contributed by atoms with Gasteiger partial charge < -0.3 is 10.4 Å². The lowest BCUT2D eigenvalue weighted by atomic mass is 9.92. The summed E-state index contributed by atoms with van der Waals surface area (Å²) in [5.41, 5.74) is -1.19. The summed E-state index contributed by atoms with van der Waals surface area (Å²) in [7, 11) is 0. The van der Waals surface area contributed by atoms with Gasteiger partial charge in [-0.2, -0.15) is 0 Å². The Balaban J connectivity index is 2.00. The van der Waals surface area contributed by atoms with Crippen LogP contribution in [-0.4, -0.2) is 17.7 Å². The summed E-state index contributed by atoms with van der Waals surface area (Å²) in [4.78, 5) is 0. The summed E-state index contributed by atoms with van der Waals surface area (Å²) < 4.78 is 26.6. The van der Waals surface area contributed by atoms with Crippen molar-refractivity contribution in [2.75, 3.05) is 6.54 Å². The van der Waals surface area contributed by atoms with Crippen LogP contribution in [0.5, 0.6) is 0 Å². The first-order chi connectivity index (χ1) is 8.99. The molecule has 1 aromatic rings. The fourth-order valence-corrected chi connectivity index (χ4v) is 2.67. The van der Waals surface area contributed by atoms with Crippen LogP contribution >= 0.6 is 0 Å². The Labute approximate surface area is 112 Å². The van der Waals surface area contributed by atoms with Gasteiger partial charge in [0, 0.05) is 24.2 Å². The molecule has 0 aromatic heterocycles. The van der Waals surface area contributed by atoms with E-state index >= 15 is 0 Å². The second-order valence-corrected chi connectivity index (χ2v) is 5.61. The van der Waals surface area contributed by atoms with Crippen molar-refractivity contribution < 1.29 is 13.9 Å². The third-order valence-corrected chi connectivity index (χ3v) is 3.85. The zero-order valence-electron chi connectivity index (χ0n) is 11.3. The molecular formula is C15H21F2NO. The van der Waals surface area contributed by atoms with Gasteiger partial charge in [0.2, 0.25) is 0 Å². The molecule has 1 saturated carbocycles. The largest absolute Gasteiger partial charge is 0.384 e. The molecule has 1 atom stereocenters. The maximum atomic E-state index is 13.7. The molecule has 0 saturated heterocycles. The van der Waals surface area contributed by atoms with Crippen LogP contribution < -0.4 is 5.32 Å². The van der Waals surface area contributed by atoms with E-state index in [2.05, 4.69) is 5.32 Å². The van der Waals surface area contributed by atoms with Gasteiger partial charge in [0.05, 0.1) is 0 Å². The zero-order valence-corrected chi connectivity index (χ0v) is 11.3. The summed E-state index contributed by atoms with van der Waals surface area (Å²) >= 11 is 0. The van der Waals surface area contributed by atoms with Crippen LogP contribution in [0.3, 0.4) is 0 Å². The molecule has 1 fully saturated rings. The molecule has 1 aliphatic carbocycles. The minimum atomic E-state index is -1.32. The molecule has 0 spiro atoms. The van der Waals surface area contributed by atoms with Crippen molar-refractivity contribution in [3.8, 4) is 0 Å². The van der Waals surface area contributed by atoms with Crippen molar-refractivity contribution in [3.63, 3.8) is 0 Å². The predicted octanol–water partition coefficient (Wildman–Crippen LogP) is 3.09. The zero-order chi connectivity index (χ0) is 13.9. The number of hydrogen-bond donors (Lipinski definition) is 2. The quantitative estimate of drug-likeness (QED) is 0.880. The van der Waals surface area contributed by atoms with Crippen molar-refractivity contribution in [2.24, 2.45) is 0 Å². The maximum Gasteiger partial charge on any atom is 0.132 e. The average Bonchev–Trinajstić information content (AvgIpc) is 2.37. The maximum absolute atomic E-state index is 13.7. The topological polar surface area (TPSA) is 32.3 Å².